The number of carbonyl (C=O) groups is 1. The second-order valence-corrected chi connectivity index (χ2v) is 5.30. The van der Waals surface area contributed by atoms with Crippen molar-refractivity contribution in [2.75, 3.05) is 0 Å². The van der Waals surface area contributed by atoms with Crippen molar-refractivity contribution in [3.63, 3.8) is 0 Å². The van der Waals surface area contributed by atoms with E-state index < -0.39 is 19.0 Å². The van der Waals surface area contributed by atoms with Gasteiger partial charge in [-0.3, -0.25) is 0 Å². The van der Waals surface area contributed by atoms with Gasteiger partial charge in [-0.05, 0) is 26.8 Å². The smallest absolute Gasteiger partial charge is 0.498 e. The molecule has 1 aromatic heterocycles. The van der Waals surface area contributed by atoms with E-state index >= 15 is 0 Å². The van der Waals surface area contributed by atoms with Crippen molar-refractivity contribution in [3.05, 3.63) is 30.3 Å². The second-order valence-electron chi connectivity index (χ2n) is 5.30. The summed E-state index contributed by atoms with van der Waals surface area (Å²) < 4.78 is 11.3. The van der Waals surface area contributed by atoms with Crippen molar-refractivity contribution in [3.8, 4) is 5.88 Å². The molecule has 0 saturated heterocycles. The molecule has 0 saturated carbocycles. The molecule has 0 atom stereocenters. The fourth-order valence-electron chi connectivity index (χ4n) is 1.82. The maximum atomic E-state index is 12.2. The van der Waals surface area contributed by atoms with E-state index in [-0.39, 0.29) is 5.88 Å². The lowest BCUT2D eigenvalue weighted by Crippen LogP contribution is -2.29. The molecule has 2 aromatic rings. The van der Waals surface area contributed by atoms with Crippen LogP contribution in [0.1, 0.15) is 20.8 Å². The Hall–Kier alpha value is -1.99. The van der Waals surface area contributed by atoms with E-state index in [0.29, 0.717) is 5.52 Å². The molecule has 0 amide bonds. The van der Waals surface area contributed by atoms with Crippen LogP contribution in [0.4, 0.5) is 4.79 Å². The van der Waals surface area contributed by atoms with Crippen LogP contribution in [-0.2, 0) is 4.74 Å². The summed E-state index contributed by atoms with van der Waals surface area (Å²) in [6.07, 6.45) is -0.644. The van der Waals surface area contributed by atoms with Crippen molar-refractivity contribution >= 4 is 24.3 Å². The summed E-state index contributed by atoms with van der Waals surface area (Å²) in [4.78, 5) is 12.2. The van der Waals surface area contributed by atoms with E-state index in [1.54, 1.807) is 51.1 Å². The number of hydrogen-bond donors (Lipinski definition) is 2. The molecule has 0 aliphatic rings. The van der Waals surface area contributed by atoms with E-state index in [0.717, 1.165) is 5.39 Å². The zero-order chi connectivity index (χ0) is 14.9. The van der Waals surface area contributed by atoms with Crippen LogP contribution in [0.2, 0.25) is 0 Å². The van der Waals surface area contributed by atoms with Gasteiger partial charge in [0.25, 0.3) is 0 Å². The zero-order valence-electron chi connectivity index (χ0n) is 11.5. The SMILES string of the molecule is CC(C)(C)OC(=O)n1c(OB(O)O)cc2ccccc21. The Bertz CT molecular complexity index is 629. The third-order valence-corrected chi connectivity index (χ3v) is 2.48. The number of para-hydroxylation sites is 1. The van der Waals surface area contributed by atoms with Crippen LogP contribution in [0.3, 0.4) is 0 Å². The molecule has 2 rings (SSSR count). The average Bonchev–Trinajstić information content (AvgIpc) is 2.63. The van der Waals surface area contributed by atoms with Crippen LogP contribution < -0.4 is 4.65 Å². The molecule has 0 spiro atoms. The summed E-state index contributed by atoms with van der Waals surface area (Å²) in [5.41, 5.74) is -0.102. The molecule has 1 heterocycles. The van der Waals surface area contributed by atoms with Crippen molar-refractivity contribution in [2.45, 2.75) is 26.4 Å². The van der Waals surface area contributed by atoms with Crippen molar-refractivity contribution < 1.29 is 24.2 Å². The van der Waals surface area contributed by atoms with Crippen LogP contribution in [-0.4, -0.2) is 33.6 Å². The monoisotopic (exact) mass is 277 g/mol. The third kappa shape index (κ3) is 3.12. The summed E-state index contributed by atoms with van der Waals surface area (Å²) in [6.45, 7) is 5.24. The zero-order valence-corrected chi connectivity index (χ0v) is 11.5. The molecule has 2 N–H and O–H groups in total. The predicted octanol–water partition coefficient (Wildman–Crippen LogP) is 1.77. The third-order valence-electron chi connectivity index (χ3n) is 2.48. The van der Waals surface area contributed by atoms with E-state index in [9.17, 15) is 4.79 Å². The maximum Gasteiger partial charge on any atom is 0.708 e. The number of ether oxygens (including phenoxy) is 1. The number of aromatic nitrogens is 1. The Balaban J connectivity index is 2.50. The molecule has 20 heavy (non-hydrogen) atoms. The first-order valence-electron chi connectivity index (χ1n) is 6.14. The van der Waals surface area contributed by atoms with Crippen LogP contribution in [0.25, 0.3) is 10.9 Å². The van der Waals surface area contributed by atoms with Crippen molar-refractivity contribution in [2.24, 2.45) is 0 Å². The lowest BCUT2D eigenvalue weighted by Gasteiger charge is -2.20. The van der Waals surface area contributed by atoms with Crippen LogP contribution in [0.15, 0.2) is 30.3 Å². The maximum absolute atomic E-state index is 12.2. The predicted molar refractivity (Wildman–Crippen MR) is 74.4 cm³/mol. The number of fused-ring (bicyclic) bond motifs is 1. The lowest BCUT2D eigenvalue weighted by molar-refractivity contribution is 0.0535. The topological polar surface area (TPSA) is 80.9 Å². The number of carbonyl (C=O) groups excluding carboxylic acids is 1. The van der Waals surface area contributed by atoms with Gasteiger partial charge < -0.3 is 19.4 Å². The fourth-order valence-corrected chi connectivity index (χ4v) is 1.82. The van der Waals surface area contributed by atoms with Crippen molar-refractivity contribution in [1.82, 2.24) is 4.57 Å². The average molecular weight is 277 g/mol. The first kappa shape index (κ1) is 14.4. The summed E-state index contributed by atoms with van der Waals surface area (Å²) in [5, 5.41) is 18.6. The normalized spacial score (nSPS) is 11.4. The van der Waals surface area contributed by atoms with Gasteiger partial charge >= 0.3 is 13.4 Å². The Labute approximate surface area is 116 Å². The van der Waals surface area contributed by atoms with Crippen LogP contribution in [0.5, 0.6) is 5.88 Å². The van der Waals surface area contributed by atoms with E-state index in [1.807, 2.05) is 0 Å². The van der Waals surface area contributed by atoms with Gasteiger partial charge in [-0.2, -0.15) is 0 Å². The van der Waals surface area contributed by atoms with Gasteiger partial charge in [0.1, 0.15) is 5.60 Å². The summed E-state index contributed by atoms with van der Waals surface area (Å²) >= 11 is 0. The lowest BCUT2D eigenvalue weighted by atomic mass is 10.2. The number of benzene rings is 1. The summed E-state index contributed by atoms with van der Waals surface area (Å²) in [7, 11) is -2.01. The highest BCUT2D eigenvalue weighted by atomic mass is 16.6. The first-order valence-corrected chi connectivity index (χ1v) is 6.14. The van der Waals surface area contributed by atoms with Crippen LogP contribution >= 0.6 is 0 Å². The van der Waals surface area contributed by atoms with Crippen LogP contribution in [0, 0.1) is 0 Å². The number of rotatable bonds is 2. The molecule has 0 radical (unpaired) electrons. The molecular formula is C13H16BNO5. The highest BCUT2D eigenvalue weighted by Gasteiger charge is 2.24. The van der Waals surface area contributed by atoms with E-state index in [2.05, 4.69) is 0 Å². The molecule has 6 nitrogen and oxygen atoms in total. The minimum absolute atomic E-state index is 0.00968. The minimum Gasteiger partial charge on any atom is -0.498 e. The molecular weight excluding hydrogens is 261 g/mol. The Kier molecular flexibility index (Phi) is 3.74. The second kappa shape index (κ2) is 5.18. The Morgan fingerprint density at radius 1 is 1.25 bits per heavy atom. The number of hydrogen-bond acceptors (Lipinski definition) is 5. The number of nitrogens with zero attached hydrogens (tertiary/aromatic N) is 1. The largest absolute Gasteiger partial charge is 0.708 e. The van der Waals surface area contributed by atoms with E-state index in [1.165, 1.54) is 4.57 Å². The molecule has 0 aliphatic heterocycles. The molecule has 7 heteroatoms. The first-order chi connectivity index (χ1) is 9.28. The quantitative estimate of drug-likeness (QED) is 0.818. The fraction of sp³-hybridized carbons (Fsp3) is 0.308. The molecule has 0 unspecified atom stereocenters. The molecule has 0 fully saturated rings. The highest BCUT2D eigenvalue weighted by Crippen LogP contribution is 2.27. The minimum atomic E-state index is -2.01. The van der Waals surface area contributed by atoms with Gasteiger partial charge in [0.05, 0.1) is 5.52 Å². The van der Waals surface area contributed by atoms with E-state index in [4.69, 9.17) is 19.4 Å². The molecule has 0 aliphatic carbocycles. The van der Waals surface area contributed by atoms with Gasteiger partial charge in [0, 0.05) is 11.5 Å². The molecule has 0 bridgehead atoms. The Morgan fingerprint density at radius 2 is 1.90 bits per heavy atom. The molecule has 1 aromatic carbocycles. The van der Waals surface area contributed by atoms with Gasteiger partial charge in [-0.1, -0.05) is 18.2 Å². The van der Waals surface area contributed by atoms with Gasteiger partial charge in [0.15, 0.2) is 5.88 Å². The highest BCUT2D eigenvalue weighted by molar-refractivity contribution is 6.33. The standard InChI is InChI=1S/C13H16BNO5/c1-13(2,3)19-12(16)15-10-7-5-4-6-9(10)8-11(15)20-14(17)18/h4-8,17-18H,1-3H3. The summed E-state index contributed by atoms with van der Waals surface area (Å²) in [5.74, 6) is 0.00968. The summed E-state index contributed by atoms with van der Waals surface area (Å²) in [6, 6.07) is 8.62. The van der Waals surface area contributed by atoms with Crippen molar-refractivity contribution in [1.29, 1.82) is 0 Å². The Morgan fingerprint density at radius 3 is 2.50 bits per heavy atom. The molecule has 106 valence electrons. The van der Waals surface area contributed by atoms with Gasteiger partial charge in [0.2, 0.25) is 0 Å². The van der Waals surface area contributed by atoms with Gasteiger partial charge in [-0.15, -0.1) is 0 Å². The van der Waals surface area contributed by atoms with Gasteiger partial charge in [-0.25, -0.2) is 9.36 Å².